The van der Waals surface area contributed by atoms with Crippen molar-refractivity contribution in [3.05, 3.63) is 38.2 Å². The fraction of sp³-hybridized carbons (Fsp3) is 0.125. The number of benzene rings is 1. The van der Waals surface area contributed by atoms with Crippen LogP contribution in [0.5, 0.6) is 0 Å². The van der Waals surface area contributed by atoms with E-state index in [2.05, 4.69) is 26.0 Å². The molecule has 0 saturated carbocycles. The number of aryl methyl sites for hydroxylation is 1. The molecule has 4 nitrogen and oxygen atoms in total. The molecule has 0 aliphatic heterocycles. The molecule has 0 amide bonds. The zero-order valence-corrected chi connectivity index (χ0v) is 8.41. The predicted octanol–water partition coefficient (Wildman–Crippen LogP) is 3.57. The number of rotatable bonds is 1. The Labute approximate surface area is 83.6 Å². The second-order valence-electron chi connectivity index (χ2n) is 2.42. The van der Waals surface area contributed by atoms with Gasteiger partial charge < -0.3 is 0 Å². The van der Waals surface area contributed by atoms with Crippen LogP contribution in [0.4, 0.5) is 5.69 Å². The van der Waals surface area contributed by atoms with Gasteiger partial charge in [0.15, 0.2) is 0 Å². The summed E-state index contributed by atoms with van der Waals surface area (Å²) in [5.41, 5.74) is 10.1. The van der Waals surface area contributed by atoms with Gasteiger partial charge in [-0.1, -0.05) is 21.0 Å². The SMILES string of the molecule is Cc1cc(C#N)cc(Br)c1N=[N+]=[N-]. The Hall–Kier alpha value is -1.50. The Balaban J connectivity index is 3.41. The molecule has 0 N–H and O–H groups in total. The zero-order chi connectivity index (χ0) is 9.84. The summed E-state index contributed by atoms with van der Waals surface area (Å²) in [6.07, 6.45) is 0. The lowest BCUT2D eigenvalue weighted by atomic mass is 10.1. The molecule has 0 bridgehead atoms. The maximum Gasteiger partial charge on any atom is 0.0992 e. The van der Waals surface area contributed by atoms with Gasteiger partial charge in [0, 0.05) is 9.38 Å². The van der Waals surface area contributed by atoms with Crippen molar-refractivity contribution in [1.29, 1.82) is 5.26 Å². The number of hydrogen-bond acceptors (Lipinski definition) is 2. The van der Waals surface area contributed by atoms with Crippen LogP contribution in [0.2, 0.25) is 0 Å². The summed E-state index contributed by atoms with van der Waals surface area (Å²) in [6, 6.07) is 5.31. The summed E-state index contributed by atoms with van der Waals surface area (Å²) in [6.45, 7) is 1.79. The van der Waals surface area contributed by atoms with Crippen LogP contribution in [0.3, 0.4) is 0 Å². The van der Waals surface area contributed by atoms with Gasteiger partial charge in [0.1, 0.15) is 0 Å². The molecule has 0 heterocycles. The van der Waals surface area contributed by atoms with Crippen LogP contribution in [0, 0.1) is 18.3 Å². The first-order chi connectivity index (χ1) is 6.19. The van der Waals surface area contributed by atoms with Crippen LogP contribution in [0.25, 0.3) is 10.4 Å². The molecular weight excluding hydrogens is 232 g/mol. The molecule has 0 unspecified atom stereocenters. The molecule has 0 saturated heterocycles. The minimum absolute atomic E-state index is 0.529. The van der Waals surface area contributed by atoms with Crippen LogP contribution < -0.4 is 0 Å². The van der Waals surface area contributed by atoms with E-state index in [4.69, 9.17) is 10.8 Å². The first kappa shape index (κ1) is 9.59. The second kappa shape index (κ2) is 3.94. The molecule has 0 radical (unpaired) electrons. The third kappa shape index (κ3) is 2.00. The van der Waals surface area contributed by atoms with Gasteiger partial charge in [0.25, 0.3) is 0 Å². The highest BCUT2D eigenvalue weighted by atomic mass is 79.9. The summed E-state index contributed by atoms with van der Waals surface area (Å²) < 4.78 is 0.641. The Bertz CT molecular complexity index is 403. The van der Waals surface area contributed by atoms with Gasteiger partial charge in [0.2, 0.25) is 0 Å². The van der Waals surface area contributed by atoms with Gasteiger partial charge in [-0.15, -0.1) is 0 Å². The first-order valence-corrected chi connectivity index (χ1v) is 4.23. The van der Waals surface area contributed by atoms with E-state index in [0.29, 0.717) is 15.7 Å². The van der Waals surface area contributed by atoms with Gasteiger partial charge in [0.05, 0.1) is 17.3 Å². The first-order valence-electron chi connectivity index (χ1n) is 3.44. The topological polar surface area (TPSA) is 72.5 Å². The van der Waals surface area contributed by atoms with E-state index in [-0.39, 0.29) is 0 Å². The Morgan fingerprint density at radius 2 is 2.31 bits per heavy atom. The molecule has 0 aliphatic rings. The van der Waals surface area contributed by atoms with Gasteiger partial charge in [-0.3, -0.25) is 0 Å². The number of nitriles is 1. The van der Waals surface area contributed by atoms with E-state index >= 15 is 0 Å². The van der Waals surface area contributed by atoms with Crippen LogP contribution in [0.15, 0.2) is 21.7 Å². The van der Waals surface area contributed by atoms with E-state index in [0.717, 1.165) is 5.56 Å². The van der Waals surface area contributed by atoms with Gasteiger partial charge in [-0.25, -0.2) is 0 Å². The number of nitrogens with zero attached hydrogens (tertiary/aromatic N) is 4. The third-order valence-electron chi connectivity index (χ3n) is 1.53. The molecule has 0 aliphatic carbocycles. The Kier molecular flexibility index (Phi) is 2.91. The fourth-order valence-electron chi connectivity index (χ4n) is 0.972. The van der Waals surface area contributed by atoms with Crippen molar-refractivity contribution in [1.82, 2.24) is 0 Å². The summed E-state index contributed by atoms with van der Waals surface area (Å²) in [7, 11) is 0. The highest BCUT2D eigenvalue weighted by Gasteiger charge is 2.03. The maximum atomic E-state index is 8.63. The van der Waals surface area contributed by atoms with E-state index in [1.807, 2.05) is 6.07 Å². The Morgan fingerprint density at radius 1 is 1.62 bits per heavy atom. The van der Waals surface area contributed by atoms with E-state index in [1.54, 1.807) is 19.1 Å². The summed E-state index contributed by atoms with van der Waals surface area (Å²) in [4.78, 5) is 2.70. The smallest absolute Gasteiger partial charge is 0.0992 e. The van der Waals surface area contributed by atoms with Crippen molar-refractivity contribution in [2.45, 2.75) is 6.92 Å². The van der Waals surface area contributed by atoms with Crippen molar-refractivity contribution >= 4 is 21.6 Å². The predicted molar refractivity (Wildman–Crippen MR) is 52.4 cm³/mol. The van der Waals surface area contributed by atoms with Crippen molar-refractivity contribution in [2.24, 2.45) is 5.11 Å². The lowest BCUT2D eigenvalue weighted by Gasteiger charge is -2.01. The van der Waals surface area contributed by atoms with Crippen LogP contribution in [0.1, 0.15) is 11.1 Å². The largest absolute Gasteiger partial charge is 0.192 e. The molecule has 1 aromatic carbocycles. The molecular formula is C8H5BrN4. The normalized spacial score (nSPS) is 8.69. The zero-order valence-electron chi connectivity index (χ0n) is 6.82. The van der Waals surface area contributed by atoms with Crippen molar-refractivity contribution in [3.8, 4) is 6.07 Å². The van der Waals surface area contributed by atoms with Crippen molar-refractivity contribution < 1.29 is 0 Å². The van der Waals surface area contributed by atoms with Crippen LogP contribution >= 0.6 is 15.9 Å². The summed E-state index contributed by atoms with van der Waals surface area (Å²) >= 11 is 3.22. The fourth-order valence-corrected chi connectivity index (χ4v) is 1.61. The Morgan fingerprint density at radius 3 is 2.77 bits per heavy atom. The van der Waals surface area contributed by atoms with Gasteiger partial charge in [-0.2, -0.15) is 5.26 Å². The monoisotopic (exact) mass is 236 g/mol. The second-order valence-corrected chi connectivity index (χ2v) is 3.28. The van der Waals surface area contributed by atoms with Gasteiger partial charge >= 0.3 is 0 Å². The lowest BCUT2D eigenvalue weighted by Crippen LogP contribution is -1.80. The summed E-state index contributed by atoms with van der Waals surface area (Å²) in [5.74, 6) is 0. The molecule has 5 heteroatoms. The molecule has 0 spiro atoms. The molecule has 1 rings (SSSR count). The lowest BCUT2D eigenvalue weighted by molar-refractivity contribution is 1.34. The number of halogens is 1. The van der Waals surface area contributed by atoms with E-state index < -0.39 is 0 Å². The van der Waals surface area contributed by atoms with E-state index in [1.165, 1.54) is 0 Å². The standard InChI is InChI=1S/C8H5BrN4/c1-5-2-6(4-10)3-7(9)8(5)12-13-11/h2-3H,1H3. The average molecular weight is 237 g/mol. The third-order valence-corrected chi connectivity index (χ3v) is 2.13. The molecule has 0 fully saturated rings. The highest BCUT2D eigenvalue weighted by molar-refractivity contribution is 9.10. The molecule has 0 atom stereocenters. The molecule has 0 aromatic heterocycles. The van der Waals surface area contributed by atoms with Gasteiger partial charge in [-0.05, 0) is 30.2 Å². The average Bonchev–Trinajstić information content (AvgIpc) is 2.11. The molecule has 64 valence electrons. The number of hydrogen-bond donors (Lipinski definition) is 0. The highest BCUT2D eigenvalue weighted by Crippen LogP contribution is 2.30. The van der Waals surface area contributed by atoms with E-state index in [9.17, 15) is 0 Å². The van der Waals surface area contributed by atoms with Crippen molar-refractivity contribution in [3.63, 3.8) is 0 Å². The molecule has 13 heavy (non-hydrogen) atoms. The maximum absolute atomic E-state index is 8.63. The number of azide groups is 1. The summed E-state index contributed by atoms with van der Waals surface area (Å²) in [5, 5.41) is 12.1. The minimum Gasteiger partial charge on any atom is -0.192 e. The van der Waals surface area contributed by atoms with Crippen molar-refractivity contribution in [2.75, 3.05) is 0 Å². The van der Waals surface area contributed by atoms with Crippen LogP contribution in [-0.2, 0) is 0 Å². The molecule has 1 aromatic rings. The quantitative estimate of drug-likeness (QED) is 0.418. The van der Waals surface area contributed by atoms with Crippen LogP contribution in [-0.4, -0.2) is 0 Å². The minimum atomic E-state index is 0.529.